The van der Waals surface area contributed by atoms with Gasteiger partial charge in [-0.1, -0.05) is 36.4 Å². The Labute approximate surface area is 171 Å². The molecule has 0 heterocycles. The summed E-state index contributed by atoms with van der Waals surface area (Å²) in [4.78, 5) is 11.8. The molecule has 11 heteroatoms. The summed E-state index contributed by atoms with van der Waals surface area (Å²) in [6, 6.07) is 9.36. The first-order valence-electron chi connectivity index (χ1n) is 8.59. The Balaban J connectivity index is 2.46. The van der Waals surface area contributed by atoms with Crippen LogP contribution in [0.3, 0.4) is 0 Å². The third kappa shape index (κ3) is 5.03. The third-order valence-electron chi connectivity index (χ3n) is 4.31. The molecular formula is C19H20F3NO6S. The third-order valence-corrected chi connectivity index (χ3v) is 5.90. The first-order chi connectivity index (χ1) is 14.0. The average molecular weight is 447 g/mol. The van der Waals surface area contributed by atoms with Crippen molar-refractivity contribution in [3.63, 3.8) is 0 Å². The van der Waals surface area contributed by atoms with Gasteiger partial charge in [-0.3, -0.25) is 4.79 Å². The van der Waals surface area contributed by atoms with E-state index >= 15 is 0 Å². The van der Waals surface area contributed by atoms with E-state index in [1.807, 2.05) is 0 Å². The smallest absolute Gasteiger partial charge is 0.493 e. The molecule has 0 amide bonds. The van der Waals surface area contributed by atoms with E-state index in [0.717, 1.165) is 0 Å². The second-order valence-electron chi connectivity index (χ2n) is 6.15. The van der Waals surface area contributed by atoms with Crippen LogP contribution in [0.15, 0.2) is 48.5 Å². The van der Waals surface area contributed by atoms with Crippen molar-refractivity contribution in [3.05, 3.63) is 59.7 Å². The molecule has 2 aromatic rings. The summed E-state index contributed by atoms with van der Waals surface area (Å²) in [5.41, 5.74) is -5.31. The van der Waals surface area contributed by atoms with Crippen LogP contribution in [0.2, 0.25) is 0 Å². The lowest BCUT2D eigenvalue weighted by Crippen LogP contribution is -2.46. The monoisotopic (exact) mass is 447 g/mol. The van der Waals surface area contributed by atoms with Crippen molar-refractivity contribution in [1.82, 2.24) is 4.31 Å². The molecule has 2 aromatic carbocycles. The van der Waals surface area contributed by atoms with E-state index in [4.69, 9.17) is 9.47 Å². The summed E-state index contributed by atoms with van der Waals surface area (Å²) in [5, 5.41) is 9.56. The van der Waals surface area contributed by atoms with Gasteiger partial charge in [0.1, 0.15) is 6.04 Å². The maximum absolute atomic E-state index is 13.3. The molecule has 0 aliphatic rings. The Morgan fingerprint density at radius 2 is 1.67 bits per heavy atom. The van der Waals surface area contributed by atoms with Gasteiger partial charge in [0.05, 0.1) is 14.2 Å². The Morgan fingerprint density at radius 3 is 2.17 bits per heavy atom. The SMILES string of the molecule is COc1ccc(CCN(C(C(=O)O)c2ccccc2)S(=O)(=O)C(F)(F)F)cc1OC. The number of ether oxygens (including phenoxy) is 2. The summed E-state index contributed by atoms with van der Waals surface area (Å²) in [7, 11) is -3.15. The average Bonchev–Trinajstić information content (AvgIpc) is 2.70. The van der Waals surface area contributed by atoms with Gasteiger partial charge in [0.2, 0.25) is 0 Å². The summed E-state index contributed by atoms with van der Waals surface area (Å²) in [5.74, 6) is -1.03. The highest BCUT2D eigenvalue weighted by Crippen LogP contribution is 2.34. The Bertz CT molecular complexity index is 980. The highest BCUT2D eigenvalue weighted by Gasteiger charge is 2.53. The molecule has 0 saturated carbocycles. The summed E-state index contributed by atoms with van der Waals surface area (Å²) < 4.78 is 74.5. The lowest BCUT2D eigenvalue weighted by molar-refractivity contribution is -0.142. The minimum atomic E-state index is -5.93. The fourth-order valence-corrected chi connectivity index (χ4v) is 3.95. The topological polar surface area (TPSA) is 93.1 Å². The van der Waals surface area contributed by atoms with Crippen LogP contribution in [-0.4, -0.2) is 50.1 Å². The quantitative estimate of drug-likeness (QED) is 0.635. The predicted octanol–water partition coefficient (Wildman–Crippen LogP) is 3.22. The highest BCUT2D eigenvalue weighted by molar-refractivity contribution is 7.90. The van der Waals surface area contributed by atoms with Crippen LogP contribution >= 0.6 is 0 Å². The standard InChI is InChI=1S/C19H20F3NO6S/c1-28-15-9-8-13(12-16(15)29-2)10-11-23(30(26,27)19(20,21)22)17(18(24)25)14-6-4-3-5-7-14/h3-9,12,17H,10-11H2,1-2H3,(H,24,25). The normalized spacial score (nSPS) is 13.1. The van der Waals surface area contributed by atoms with Crippen LogP contribution in [-0.2, 0) is 21.2 Å². The number of hydrogen-bond acceptors (Lipinski definition) is 5. The molecule has 0 aliphatic carbocycles. The molecule has 0 aromatic heterocycles. The number of methoxy groups -OCH3 is 2. The fraction of sp³-hybridized carbons (Fsp3) is 0.316. The van der Waals surface area contributed by atoms with Gasteiger partial charge in [0, 0.05) is 6.54 Å². The zero-order valence-corrected chi connectivity index (χ0v) is 16.9. The summed E-state index contributed by atoms with van der Waals surface area (Å²) >= 11 is 0. The number of aliphatic carboxylic acids is 1. The zero-order chi connectivity index (χ0) is 22.5. The van der Waals surface area contributed by atoms with Crippen molar-refractivity contribution in [1.29, 1.82) is 0 Å². The minimum Gasteiger partial charge on any atom is -0.493 e. The number of sulfonamides is 1. The van der Waals surface area contributed by atoms with E-state index in [1.54, 1.807) is 0 Å². The van der Waals surface area contributed by atoms with E-state index in [0.29, 0.717) is 17.1 Å². The van der Waals surface area contributed by atoms with Gasteiger partial charge in [-0.05, 0) is 29.7 Å². The number of rotatable bonds is 9. The second kappa shape index (κ2) is 9.35. The maximum atomic E-state index is 13.3. The number of carbonyl (C=O) groups is 1. The summed E-state index contributed by atoms with van der Waals surface area (Å²) in [6.45, 7) is -0.719. The van der Waals surface area contributed by atoms with Crippen molar-refractivity contribution in [2.75, 3.05) is 20.8 Å². The van der Waals surface area contributed by atoms with Gasteiger partial charge in [-0.25, -0.2) is 8.42 Å². The van der Waals surface area contributed by atoms with Gasteiger partial charge < -0.3 is 14.6 Å². The van der Waals surface area contributed by atoms with Crippen molar-refractivity contribution < 1.29 is 41.0 Å². The van der Waals surface area contributed by atoms with E-state index in [2.05, 4.69) is 0 Å². The number of hydrogen-bond donors (Lipinski definition) is 1. The zero-order valence-electron chi connectivity index (χ0n) is 16.1. The molecule has 0 bridgehead atoms. The van der Waals surface area contributed by atoms with Crippen LogP contribution < -0.4 is 9.47 Å². The van der Waals surface area contributed by atoms with E-state index in [-0.39, 0.29) is 16.3 Å². The highest BCUT2D eigenvalue weighted by atomic mass is 32.2. The van der Waals surface area contributed by atoms with Gasteiger partial charge >= 0.3 is 21.5 Å². The lowest BCUT2D eigenvalue weighted by atomic mass is 10.1. The van der Waals surface area contributed by atoms with Crippen molar-refractivity contribution in [2.45, 2.75) is 18.0 Å². The van der Waals surface area contributed by atoms with Crippen LogP contribution in [0.25, 0.3) is 0 Å². The van der Waals surface area contributed by atoms with Crippen LogP contribution in [0, 0.1) is 0 Å². The second-order valence-corrected chi connectivity index (χ2v) is 8.03. The molecule has 0 fully saturated rings. The molecule has 0 spiro atoms. The molecule has 0 radical (unpaired) electrons. The Hall–Kier alpha value is -2.79. The first-order valence-corrected chi connectivity index (χ1v) is 10.0. The molecule has 0 saturated heterocycles. The molecule has 1 unspecified atom stereocenters. The fourth-order valence-electron chi connectivity index (χ4n) is 2.86. The van der Waals surface area contributed by atoms with Crippen LogP contribution in [0.4, 0.5) is 13.2 Å². The van der Waals surface area contributed by atoms with Gasteiger partial charge in [-0.2, -0.15) is 17.5 Å². The lowest BCUT2D eigenvalue weighted by Gasteiger charge is -2.29. The van der Waals surface area contributed by atoms with Crippen molar-refractivity contribution >= 4 is 16.0 Å². The molecule has 2 rings (SSSR count). The van der Waals surface area contributed by atoms with Gasteiger partial charge in [0.15, 0.2) is 11.5 Å². The number of halogens is 3. The van der Waals surface area contributed by atoms with Crippen molar-refractivity contribution in [2.24, 2.45) is 0 Å². The van der Waals surface area contributed by atoms with Gasteiger partial charge in [0.25, 0.3) is 0 Å². The number of carboxylic acid groups (broad SMARTS) is 1. The van der Waals surface area contributed by atoms with E-state index in [9.17, 15) is 31.5 Å². The molecule has 7 nitrogen and oxygen atoms in total. The first kappa shape index (κ1) is 23.5. The minimum absolute atomic E-state index is 0.0403. The molecule has 0 aliphatic heterocycles. The Morgan fingerprint density at radius 1 is 1.07 bits per heavy atom. The van der Waals surface area contributed by atoms with Crippen LogP contribution in [0.5, 0.6) is 11.5 Å². The molecule has 1 N–H and O–H groups in total. The Kier molecular flexibility index (Phi) is 7.32. The summed E-state index contributed by atoms with van der Waals surface area (Å²) in [6.07, 6.45) is -0.188. The largest absolute Gasteiger partial charge is 0.511 e. The van der Waals surface area contributed by atoms with Gasteiger partial charge in [-0.15, -0.1) is 0 Å². The van der Waals surface area contributed by atoms with Crippen molar-refractivity contribution in [3.8, 4) is 11.5 Å². The number of carboxylic acids is 1. The predicted molar refractivity (Wildman–Crippen MR) is 102 cm³/mol. The van der Waals surface area contributed by atoms with Crippen LogP contribution in [0.1, 0.15) is 17.2 Å². The van der Waals surface area contributed by atoms with E-state index in [1.165, 1.54) is 62.8 Å². The molecule has 164 valence electrons. The van der Waals surface area contributed by atoms with E-state index < -0.39 is 34.1 Å². The molecular weight excluding hydrogens is 427 g/mol. The molecule has 30 heavy (non-hydrogen) atoms. The number of nitrogens with zero attached hydrogens (tertiary/aromatic N) is 1. The molecule has 1 atom stereocenters. The maximum Gasteiger partial charge on any atom is 0.511 e. The number of alkyl halides is 3. The number of benzene rings is 2.